The van der Waals surface area contributed by atoms with Crippen LogP contribution in [-0.4, -0.2) is 25.0 Å². The van der Waals surface area contributed by atoms with Crippen molar-refractivity contribution >= 4 is 23.5 Å². The first-order valence-electron chi connectivity index (χ1n) is 10.3. The van der Waals surface area contributed by atoms with Gasteiger partial charge in [0.1, 0.15) is 0 Å². The molecule has 0 unspecified atom stereocenters. The van der Waals surface area contributed by atoms with Crippen LogP contribution in [0.25, 0.3) is 0 Å². The third-order valence-corrected chi connectivity index (χ3v) is 4.82. The molecule has 0 aliphatic rings. The van der Waals surface area contributed by atoms with Gasteiger partial charge in [0, 0.05) is 6.54 Å². The average Bonchev–Trinajstić information content (AvgIpc) is 2.66. The van der Waals surface area contributed by atoms with E-state index in [1.54, 1.807) is 24.3 Å². The van der Waals surface area contributed by atoms with Crippen LogP contribution in [0.2, 0.25) is 5.02 Å². The Hall–Kier alpha value is -1.55. The van der Waals surface area contributed by atoms with E-state index in [-0.39, 0.29) is 24.8 Å². The first-order chi connectivity index (χ1) is 13.1. The van der Waals surface area contributed by atoms with Gasteiger partial charge in [-0.1, -0.05) is 88.4 Å². The summed E-state index contributed by atoms with van der Waals surface area (Å²) in [7, 11) is 0. The largest absolute Gasteiger partial charge is 0.466 e. The second kappa shape index (κ2) is 15.5. The van der Waals surface area contributed by atoms with E-state index in [2.05, 4.69) is 12.2 Å². The van der Waals surface area contributed by atoms with Crippen molar-refractivity contribution in [2.24, 2.45) is 0 Å². The maximum absolute atomic E-state index is 12.0. The average molecular weight is 396 g/mol. The monoisotopic (exact) mass is 395 g/mol. The number of halogens is 1. The number of nitrogens with one attached hydrogen (secondary N) is 1. The number of ether oxygens (including phenoxy) is 1. The van der Waals surface area contributed by atoms with Gasteiger partial charge in [-0.15, -0.1) is 0 Å². The van der Waals surface area contributed by atoms with Gasteiger partial charge in [-0.3, -0.25) is 9.59 Å². The minimum absolute atomic E-state index is 0.175. The van der Waals surface area contributed by atoms with E-state index in [9.17, 15) is 9.59 Å². The number of hydrogen-bond donors (Lipinski definition) is 1. The van der Waals surface area contributed by atoms with E-state index in [0.717, 1.165) is 12.8 Å². The van der Waals surface area contributed by atoms with E-state index in [0.29, 0.717) is 17.2 Å². The Morgan fingerprint density at radius 2 is 1.52 bits per heavy atom. The topological polar surface area (TPSA) is 55.4 Å². The third-order valence-electron chi connectivity index (χ3n) is 4.49. The highest BCUT2D eigenvalue weighted by Gasteiger charge is 2.10. The molecular weight excluding hydrogens is 362 g/mol. The molecule has 1 aromatic rings. The quantitative estimate of drug-likeness (QED) is 0.296. The molecule has 0 aliphatic carbocycles. The van der Waals surface area contributed by atoms with E-state index < -0.39 is 0 Å². The summed E-state index contributed by atoms with van der Waals surface area (Å²) in [6, 6.07) is 6.84. The molecule has 0 heterocycles. The summed E-state index contributed by atoms with van der Waals surface area (Å²) < 4.78 is 5.21. The predicted octanol–water partition coefficient (Wildman–Crippen LogP) is 5.92. The van der Waals surface area contributed by atoms with E-state index in [4.69, 9.17) is 16.3 Å². The number of esters is 1. The second-order valence-corrected chi connectivity index (χ2v) is 7.30. The van der Waals surface area contributed by atoms with Crippen LogP contribution in [-0.2, 0) is 9.53 Å². The predicted molar refractivity (Wildman–Crippen MR) is 111 cm³/mol. The van der Waals surface area contributed by atoms with Crippen LogP contribution >= 0.6 is 11.6 Å². The second-order valence-electron chi connectivity index (χ2n) is 6.89. The van der Waals surface area contributed by atoms with E-state index >= 15 is 0 Å². The Kier molecular flexibility index (Phi) is 13.5. The molecule has 0 bridgehead atoms. The minimum atomic E-state index is -0.275. The van der Waals surface area contributed by atoms with Crippen molar-refractivity contribution in [3.05, 3.63) is 34.9 Å². The fraction of sp³-hybridized carbons (Fsp3) is 0.636. The summed E-state index contributed by atoms with van der Waals surface area (Å²) in [5.41, 5.74) is 0.415. The van der Waals surface area contributed by atoms with Gasteiger partial charge in [0.15, 0.2) is 0 Å². The molecule has 4 nitrogen and oxygen atoms in total. The highest BCUT2D eigenvalue weighted by atomic mass is 35.5. The molecule has 0 saturated carbocycles. The Balaban J connectivity index is 1.94. The van der Waals surface area contributed by atoms with Crippen molar-refractivity contribution in [2.75, 3.05) is 13.2 Å². The van der Waals surface area contributed by atoms with Gasteiger partial charge in [0.2, 0.25) is 0 Å². The molecule has 1 amide bonds. The fourth-order valence-electron chi connectivity index (χ4n) is 2.87. The SMILES string of the molecule is CCCCCCCCCCCCOC(=O)CCNC(=O)c1ccccc1Cl. The van der Waals surface area contributed by atoms with Gasteiger partial charge in [0.25, 0.3) is 5.91 Å². The van der Waals surface area contributed by atoms with Crippen molar-refractivity contribution in [1.82, 2.24) is 5.32 Å². The number of carbonyl (C=O) groups excluding carboxylic acids is 2. The van der Waals surface area contributed by atoms with Crippen LogP contribution in [0.5, 0.6) is 0 Å². The summed E-state index contributed by atoms with van der Waals surface area (Å²) in [4.78, 5) is 23.6. The zero-order valence-electron chi connectivity index (χ0n) is 16.6. The molecule has 0 saturated heterocycles. The Morgan fingerprint density at radius 1 is 0.926 bits per heavy atom. The summed E-state index contributed by atoms with van der Waals surface area (Å²) >= 11 is 5.97. The molecule has 1 aromatic carbocycles. The lowest BCUT2D eigenvalue weighted by Gasteiger charge is -2.07. The van der Waals surface area contributed by atoms with Crippen molar-refractivity contribution in [3.63, 3.8) is 0 Å². The van der Waals surface area contributed by atoms with Crippen molar-refractivity contribution in [2.45, 2.75) is 77.6 Å². The van der Waals surface area contributed by atoms with Crippen LogP contribution in [0, 0.1) is 0 Å². The lowest BCUT2D eigenvalue weighted by Crippen LogP contribution is -2.26. The number of benzene rings is 1. The molecule has 27 heavy (non-hydrogen) atoms. The van der Waals surface area contributed by atoms with Gasteiger partial charge in [-0.2, -0.15) is 0 Å². The van der Waals surface area contributed by atoms with Gasteiger partial charge < -0.3 is 10.1 Å². The molecule has 152 valence electrons. The smallest absolute Gasteiger partial charge is 0.307 e. The molecule has 1 N–H and O–H groups in total. The molecule has 0 radical (unpaired) electrons. The first-order valence-corrected chi connectivity index (χ1v) is 10.7. The highest BCUT2D eigenvalue weighted by Crippen LogP contribution is 2.14. The zero-order chi connectivity index (χ0) is 19.7. The molecule has 5 heteroatoms. The Morgan fingerprint density at radius 3 is 2.15 bits per heavy atom. The zero-order valence-corrected chi connectivity index (χ0v) is 17.4. The lowest BCUT2D eigenvalue weighted by molar-refractivity contribution is -0.143. The van der Waals surface area contributed by atoms with Gasteiger partial charge >= 0.3 is 5.97 Å². The summed E-state index contributed by atoms with van der Waals surface area (Å²) in [5, 5.41) is 3.09. The molecule has 0 aromatic heterocycles. The van der Waals surface area contributed by atoms with Crippen LogP contribution in [0.4, 0.5) is 0 Å². The van der Waals surface area contributed by atoms with E-state index in [1.165, 1.54) is 51.4 Å². The van der Waals surface area contributed by atoms with Crippen molar-refractivity contribution in [1.29, 1.82) is 0 Å². The van der Waals surface area contributed by atoms with Crippen LogP contribution in [0.3, 0.4) is 0 Å². The molecule has 0 aliphatic heterocycles. The number of hydrogen-bond acceptors (Lipinski definition) is 3. The fourth-order valence-corrected chi connectivity index (χ4v) is 3.09. The normalized spacial score (nSPS) is 10.6. The molecule has 0 atom stereocenters. The lowest BCUT2D eigenvalue weighted by atomic mass is 10.1. The molecule has 0 fully saturated rings. The summed E-state index contributed by atoms with van der Waals surface area (Å²) in [6.45, 7) is 2.96. The summed E-state index contributed by atoms with van der Waals surface area (Å²) in [6.07, 6.45) is 12.7. The van der Waals surface area contributed by atoms with Crippen LogP contribution < -0.4 is 5.32 Å². The standard InChI is InChI=1S/C22H34ClNO3/c1-2-3-4-5-6-7-8-9-10-13-18-27-21(25)16-17-24-22(26)19-14-11-12-15-20(19)23/h11-12,14-15H,2-10,13,16-18H2,1H3,(H,24,26). The number of amides is 1. The summed E-state index contributed by atoms with van der Waals surface area (Å²) in [5.74, 6) is -0.548. The van der Waals surface area contributed by atoms with E-state index in [1.807, 2.05) is 0 Å². The van der Waals surface area contributed by atoms with Gasteiger partial charge in [-0.25, -0.2) is 0 Å². The maximum Gasteiger partial charge on any atom is 0.307 e. The highest BCUT2D eigenvalue weighted by molar-refractivity contribution is 6.33. The minimum Gasteiger partial charge on any atom is -0.466 e. The Labute approximate surface area is 169 Å². The Bertz CT molecular complexity index is 548. The van der Waals surface area contributed by atoms with Crippen LogP contribution in [0.1, 0.15) is 87.9 Å². The number of rotatable bonds is 15. The number of unbranched alkanes of at least 4 members (excludes halogenated alkanes) is 9. The molecular formula is C22H34ClNO3. The van der Waals surface area contributed by atoms with Gasteiger partial charge in [-0.05, 0) is 18.6 Å². The molecule has 1 rings (SSSR count). The van der Waals surface area contributed by atoms with Gasteiger partial charge in [0.05, 0.1) is 23.6 Å². The van der Waals surface area contributed by atoms with Crippen molar-refractivity contribution < 1.29 is 14.3 Å². The third kappa shape index (κ3) is 11.7. The number of carbonyl (C=O) groups is 2. The maximum atomic E-state index is 12.0. The molecule has 0 spiro atoms. The van der Waals surface area contributed by atoms with Crippen LogP contribution in [0.15, 0.2) is 24.3 Å². The van der Waals surface area contributed by atoms with Crippen molar-refractivity contribution in [3.8, 4) is 0 Å². The first kappa shape index (κ1) is 23.5.